The number of benzene rings is 1. The molecule has 2 aromatic rings. The molecule has 1 amide bonds. The van der Waals surface area contributed by atoms with E-state index in [1.807, 2.05) is 45.7 Å². The fourth-order valence-corrected chi connectivity index (χ4v) is 2.83. The standard InChI is InChI=1S/C20H28N4O/c1-14-7-9-17(10-8-14)19(23(4)5)13-21-20(25)12-11-18-15(2)22-24(6)16(18)3/h7-12,19H,13H2,1-6H3,(H,21,25)/b12-11-/t19-/m0/s1. The lowest BCUT2D eigenvalue weighted by atomic mass is 10.0. The van der Waals surface area contributed by atoms with Gasteiger partial charge in [-0.3, -0.25) is 9.48 Å². The van der Waals surface area contributed by atoms with E-state index in [4.69, 9.17) is 0 Å². The van der Waals surface area contributed by atoms with E-state index in [0.29, 0.717) is 6.54 Å². The predicted molar refractivity (Wildman–Crippen MR) is 102 cm³/mol. The van der Waals surface area contributed by atoms with E-state index in [0.717, 1.165) is 17.0 Å². The largest absolute Gasteiger partial charge is 0.351 e. The van der Waals surface area contributed by atoms with Gasteiger partial charge in [0.25, 0.3) is 0 Å². The van der Waals surface area contributed by atoms with Gasteiger partial charge in [0.15, 0.2) is 0 Å². The smallest absolute Gasteiger partial charge is 0.244 e. The van der Waals surface area contributed by atoms with Crippen molar-refractivity contribution in [3.63, 3.8) is 0 Å². The van der Waals surface area contributed by atoms with Crippen molar-refractivity contribution in [3.8, 4) is 0 Å². The first kappa shape index (κ1) is 18.9. The number of amides is 1. The Labute approximate surface area is 150 Å². The lowest BCUT2D eigenvalue weighted by Gasteiger charge is -2.25. The lowest BCUT2D eigenvalue weighted by Crippen LogP contribution is -2.33. The van der Waals surface area contributed by atoms with E-state index < -0.39 is 0 Å². The fraction of sp³-hybridized carbons (Fsp3) is 0.400. The van der Waals surface area contributed by atoms with Gasteiger partial charge in [-0.25, -0.2) is 0 Å². The van der Waals surface area contributed by atoms with Crippen LogP contribution >= 0.6 is 0 Å². The Morgan fingerprint density at radius 2 is 1.88 bits per heavy atom. The Kier molecular flexibility index (Phi) is 6.15. The van der Waals surface area contributed by atoms with Crippen molar-refractivity contribution in [2.45, 2.75) is 26.8 Å². The zero-order chi connectivity index (χ0) is 18.6. The molecule has 0 bridgehead atoms. The van der Waals surface area contributed by atoms with Gasteiger partial charge in [-0.1, -0.05) is 29.8 Å². The third kappa shape index (κ3) is 4.79. The summed E-state index contributed by atoms with van der Waals surface area (Å²) in [4.78, 5) is 14.3. The monoisotopic (exact) mass is 340 g/mol. The molecule has 2 rings (SSSR count). The molecule has 0 saturated heterocycles. The number of nitrogens with zero attached hydrogens (tertiary/aromatic N) is 3. The van der Waals surface area contributed by atoms with E-state index in [9.17, 15) is 4.79 Å². The van der Waals surface area contributed by atoms with Gasteiger partial charge in [0.05, 0.1) is 11.7 Å². The number of carbonyl (C=O) groups is 1. The summed E-state index contributed by atoms with van der Waals surface area (Å²) in [6.07, 6.45) is 3.42. The first-order chi connectivity index (χ1) is 11.8. The average Bonchev–Trinajstić information content (AvgIpc) is 2.79. The zero-order valence-corrected chi connectivity index (χ0v) is 16.0. The SMILES string of the molecule is Cc1ccc([C@H](CNC(=O)/C=C\c2c(C)nn(C)c2C)N(C)C)cc1. The van der Waals surface area contributed by atoms with Gasteiger partial charge in [-0.05, 0) is 46.5 Å². The summed E-state index contributed by atoms with van der Waals surface area (Å²) >= 11 is 0. The van der Waals surface area contributed by atoms with Crippen LogP contribution in [-0.4, -0.2) is 41.2 Å². The van der Waals surface area contributed by atoms with Crippen molar-refractivity contribution in [1.29, 1.82) is 0 Å². The predicted octanol–water partition coefficient (Wildman–Crippen LogP) is 2.78. The molecular formula is C20H28N4O. The van der Waals surface area contributed by atoms with Crippen molar-refractivity contribution in [1.82, 2.24) is 20.0 Å². The van der Waals surface area contributed by atoms with Crippen LogP contribution in [0.2, 0.25) is 0 Å². The molecule has 25 heavy (non-hydrogen) atoms. The van der Waals surface area contributed by atoms with Crippen LogP contribution in [0.3, 0.4) is 0 Å². The second-order valence-electron chi connectivity index (χ2n) is 6.68. The Morgan fingerprint density at radius 1 is 1.24 bits per heavy atom. The molecule has 0 saturated carbocycles. The second-order valence-corrected chi connectivity index (χ2v) is 6.68. The lowest BCUT2D eigenvalue weighted by molar-refractivity contribution is -0.116. The molecule has 5 nitrogen and oxygen atoms in total. The maximum Gasteiger partial charge on any atom is 0.244 e. The third-order valence-electron chi connectivity index (χ3n) is 4.52. The van der Waals surface area contributed by atoms with Crippen LogP contribution in [-0.2, 0) is 11.8 Å². The van der Waals surface area contributed by atoms with Gasteiger partial charge in [-0.2, -0.15) is 5.10 Å². The molecule has 1 aromatic carbocycles. The number of rotatable bonds is 6. The molecule has 0 spiro atoms. The first-order valence-electron chi connectivity index (χ1n) is 8.48. The molecule has 0 aliphatic heterocycles. The summed E-state index contributed by atoms with van der Waals surface area (Å²) < 4.78 is 1.83. The number of hydrogen-bond donors (Lipinski definition) is 1. The Bertz CT molecular complexity index is 757. The maximum absolute atomic E-state index is 12.2. The summed E-state index contributed by atoms with van der Waals surface area (Å²) in [6, 6.07) is 8.57. The molecule has 0 fully saturated rings. The van der Waals surface area contributed by atoms with Gasteiger partial charge in [-0.15, -0.1) is 0 Å². The molecule has 0 radical (unpaired) electrons. The minimum Gasteiger partial charge on any atom is -0.351 e. The first-order valence-corrected chi connectivity index (χ1v) is 8.48. The van der Waals surface area contributed by atoms with Crippen LogP contribution in [0.1, 0.15) is 34.1 Å². The molecule has 1 aromatic heterocycles. The molecule has 0 unspecified atom stereocenters. The van der Waals surface area contributed by atoms with Crippen molar-refractivity contribution < 1.29 is 4.79 Å². The number of likely N-dealkylation sites (N-methyl/N-ethyl adjacent to an activating group) is 1. The van der Waals surface area contributed by atoms with Gasteiger partial charge < -0.3 is 10.2 Å². The molecule has 5 heteroatoms. The maximum atomic E-state index is 12.2. The van der Waals surface area contributed by atoms with Crippen LogP contribution in [0.15, 0.2) is 30.3 Å². The molecule has 0 aliphatic carbocycles. The zero-order valence-electron chi connectivity index (χ0n) is 16.0. The summed E-state index contributed by atoms with van der Waals surface area (Å²) in [5.74, 6) is -0.0957. The Morgan fingerprint density at radius 3 is 2.40 bits per heavy atom. The molecule has 1 N–H and O–H groups in total. The number of aromatic nitrogens is 2. The minimum atomic E-state index is -0.0957. The summed E-state index contributed by atoms with van der Waals surface area (Å²) in [5, 5.41) is 7.36. The molecule has 0 aliphatic rings. The number of nitrogens with one attached hydrogen (secondary N) is 1. The van der Waals surface area contributed by atoms with E-state index in [-0.39, 0.29) is 11.9 Å². The Balaban J connectivity index is 2.01. The number of hydrogen-bond acceptors (Lipinski definition) is 3. The summed E-state index contributed by atoms with van der Waals surface area (Å²) in [5.41, 5.74) is 5.40. The molecule has 1 atom stereocenters. The summed E-state index contributed by atoms with van der Waals surface area (Å²) in [6.45, 7) is 6.58. The van der Waals surface area contributed by atoms with Gasteiger partial charge in [0.2, 0.25) is 5.91 Å². The van der Waals surface area contributed by atoms with Gasteiger partial charge in [0, 0.05) is 30.9 Å². The van der Waals surface area contributed by atoms with Crippen molar-refractivity contribution in [2.24, 2.45) is 7.05 Å². The highest BCUT2D eigenvalue weighted by Crippen LogP contribution is 2.18. The highest BCUT2D eigenvalue weighted by Gasteiger charge is 2.14. The molecular weight excluding hydrogens is 312 g/mol. The second kappa shape index (κ2) is 8.12. The van der Waals surface area contributed by atoms with Crippen molar-refractivity contribution in [3.05, 3.63) is 58.4 Å². The third-order valence-corrected chi connectivity index (χ3v) is 4.52. The van der Waals surface area contributed by atoms with E-state index in [1.165, 1.54) is 11.1 Å². The van der Waals surface area contributed by atoms with Crippen molar-refractivity contribution in [2.75, 3.05) is 20.6 Å². The Hall–Kier alpha value is -2.40. The van der Waals surface area contributed by atoms with E-state index in [2.05, 4.69) is 46.5 Å². The fourth-order valence-electron chi connectivity index (χ4n) is 2.83. The quantitative estimate of drug-likeness (QED) is 0.823. The van der Waals surface area contributed by atoms with Gasteiger partial charge >= 0.3 is 0 Å². The van der Waals surface area contributed by atoms with E-state index >= 15 is 0 Å². The van der Waals surface area contributed by atoms with Crippen LogP contribution < -0.4 is 5.32 Å². The number of carbonyl (C=O) groups excluding carboxylic acids is 1. The molecule has 134 valence electrons. The topological polar surface area (TPSA) is 50.2 Å². The average molecular weight is 340 g/mol. The minimum absolute atomic E-state index is 0.0957. The van der Waals surface area contributed by atoms with Crippen LogP contribution in [0.25, 0.3) is 6.08 Å². The van der Waals surface area contributed by atoms with Crippen LogP contribution in [0.5, 0.6) is 0 Å². The van der Waals surface area contributed by atoms with Crippen LogP contribution in [0.4, 0.5) is 0 Å². The van der Waals surface area contributed by atoms with Gasteiger partial charge in [0.1, 0.15) is 0 Å². The highest BCUT2D eigenvalue weighted by molar-refractivity contribution is 5.92. The molecule has 1 heterocycles. The highest BCUT2D eigenvalue weighted by atomic mass is 16.1. The summed E-state index contributed by atoms with van der Waals surface area (Å²) in [7, 11) is 5.95. The van der Waals surface area contributed by atoms with E-state index in [1.54, 1.807) is 6.08 Å². The normalized spacial score (nSPS) is 12.8. The number of aryl methyl sites for hydroxylation is 3. The van der Waals surface area contributed by atoms with Crippen LogP contribution in [0, 0.1) is 20.8 Å². The van der Waals surface area contributed by atoms with Crippen molar-refractivity contribution >= 4 is 12.0 Å².